The van der Waals surface area contributed by atoms with Crippen molar-refractivity contribution in [3.05, 3.63) is 150 Å². The number of pyridine rings is 2. The van der Waals surface area contributed by atoms with Crippen molar-refractivity contribution in [1.82, 2.24) is 9.97 Å². The van der Waals surface area contributed by atoms with Crippen LogP contribution in [0.1, 0.15) is 16.7 Å². The van der Waals surface area contributed by atoms with E-state index in [2.05, 4.69) is 124 Å². The number of aryl methyl sites for hydroxylation is 3. The van der Waals surface area contributed by atoms with Crippen molar-refractivity contribution in [2.75, 3.05) is 0 Å². The summed E-state index contributed by atoms with van der Waals surface area (Å²) < 4.78 is 12.7. The first-order chi connectivity index (χ1) is 24.6. The third-order valence-electron chi connectivity index (χ3n) is 9.62. The van der Waals surface area contributed by atoms with Crippen molar-refractivity contribution >= 4 is 57.1 Å². The van der Waals surface area contributed by atoms with Gasteiger partial charge in [-0.2, -0.15) is 0 Å². The van der Waals surface area contributed by atoms with Crippen LogP contribution < -0.4 is 5.19 Å². The molecule has 4 heterocycles. The number of furan rings is 2. The van der Waals surface area contributed by atoms with Crippen LogP contribution in [0.5, 0.6) is 0 Å². The van der Waals surface area contributed by atoms with E-state index >= 15 is 0 Å². The number of fused-ring (bicyclic) bond motifs is 7. The molecule has 52 heavy (non-hydrogen) atoms. The van der Waals surface area contributed by atoms with E-state index in [1.807, 2.05) is 54.9 Å². The Labute approximate surface area is 318 Å². The Morgan fingerprint density at radius 3 is 2.06 bits per heavy atom. The van der Waals surface area contributed by atoms with Crippen molar-refractivity contribution in [3.63, 3.8) is 0 Å². The van der Waals surface area contributed by atoms with Crippen LogP contribution in [0.4, 0.5) is 0 Å². The van der Waals surface area contributed by atoms with E-state index in [-0.39, 0.29) is 20.1 Å². The van der Waals surface area contributed by atoms with Gasteiger partial charge < -0.3 is 18.8 Å². The average Bonchev–Trinajstić information content (AvgIpc) is 3.72. The molecule has 0 atom stereocenters. The second kappa shape index (κ2) is 14.1. The predicted molar refractivity (Wildman–Crippen MR) is 214 cm³/mol. The number of aromatic nitrogens is 2. The van der Waals surface area contributed by atoms with Gasteiger partial charge in [-0.05, 0) is 66.2 Å². The van der Waals surface area contributed by atoms with Crippen molar-refractivity contribution in [2.45, 2.75) is 40.4 Å². The fourth-order valence-electron chi connectivity index (χ4n) is 6.55. The molecule has 0 bridgehead atoms. The standard InChI is InChI=1S/C32H24NO2Si.C14H14N.Ir/c1-36(2,3)22-10-8-9-21(17-22)27-18-20(15-16-33-27)25-19-26-23-11-4-6-13-28(23)34-31(26)32-30(25)24-12-5-7-14-29(24)35-32;1-10-4-6-13(7-5-10)14-8-11(2)12(3)9-15-14;/h4-8,10-19H,1-3H3;4-6,8-9H,1-3H3;/q2*-1;. The summed E-state index contributed by atoms with van der Waals surface area (Å²) in [5.74, 6) is 0. The zero-order chi connectivity index (χ0) is 35.3. The second-order valence-electron chi connectivity index (χ2n) is 14.3. The summed E-state index contributed by atoms with van der Waals surface area (Å²) in [6.07, 6.45) is 3.81. The molecule has 0 unspecified atom stereocenters. The van der Waals surface area contributed by atoms with Crippen LogP contribution in [0, 0.1) is 32.9 Å². The van der Waals surface area contributed by atoms with E-state index in [4.69, 9.17) is 13.8 Å². The largest absolute Gasteiger partial charge is 0.452 e. The molecule has 259 valence electrons. The van der Waals surface area contributed by atoms with E-state index in [1.165, 1.54) is 21.9 Å². The number of para-hydroxylation sites is 2. The van der Waals surface area contributed by atoms with Crippen LogP contribution in [0.15, 0.2) is 130 Å². The quantitative estimate of drug-likeness (QED) is 0.131. The van der Waals surface area contributed by atoms with Gasteiger partial charge in [-0.15, -0.1) is 70.4 Å². The third kappa shape index (κ3) is 6.66. The maximum Gasteiger partial charge on any atom is 0.179 e. The summed E-state index contributed by atoms with van der Waals surface area (Å²) in [5, 5.41) is 5.68. The Morgan fingerprint density at radius 1 is 0.615 bits per heavy atom. The number of benzene rings is 5. The van der Waals surface area contributed by atoms with Crippen molar-refractivity contribution in [2.24, 2.45) is 0 Å². The molecule has 9 rings (SSSR count). The van der Waals surface area contributed by atoms with Crippen LogP contribution >= 0.6 is 0 Å². The van der Waals surface area contributed by atoms with Gasteiger partial charge in [-0.25, -0.2) is 0 Å². The zero-order valence-corrected chi connectivity index (χ0v) is 33.5. The monoisotopic (exact) mass is 871 g/mol. The molecule has 0 aliphatic carbocycles. The molecule has 5 aromatic carbocycles. The van der Waals surface area contributed by atoms with Crippen molar-refractivity contribution in [1.29, 1.82) is 0 Å². The molecule has 0 fully saturated rings. The van der Waals surface area contributed by atoms with Gasteiger partial charge in [0.15, 0.2) is 11.2 Å². The van der Waals surface area contributed by atoms with Crippen LogP contribution in [0.25, 0.3) is 77.5 Å². The first kappa shape index (κ1) is 35.3. The first-order valence-electron chi connectivity index (χ1n) is 17.3. The molecule has 4 nitrogen and oxygen atoms in total. The molecule has 4 aromatic heterocycles. The number of nitrogens with zero attached hydrogens (tertiary/aromatic N) is 2. The zero-order valence-electron chi connectivity index (χ0n) is 30.1. The smallest absolute Gasteiger partial charge is 0.179 e. The van der Waals surface area contributed by atoms with Gasteiger partial charge in [0.25, 0.3) is 0 Å². The molecule has 0 aliphatic rings. The van der Waals surface area contributed by atoms with Crippen molar-refractivity contribution < 1.29 is 28.9 Å². The van der Waals surface area contributed by atoms with E-state index in [9.17, 15) is 0 Å². The number of hydrogen-bond donors (Lipinski definition) is 0. The molecular weight excluding hydrogens is 833 g/mol. The molecule has 0 saturated heterocycles. The number of rotatable bonds is 4. The Kier molecular flexibility index (Phi) is 9.58. The third-order valence-corrected chi connectivity index (χ3v) is 11.7. The normalized spacial score (nSPS) is 11.5. The van der Waals surface area contributed by atoms with E-state index in [0.717, 1.165) is 77.5 Å². The molecule has 6 heteroatoms. The van der Waals surface area contributed by atoms with Crippen LogP contribution in [0.3, 0.4) is 0 Å². The molecular formula is C46H38IrN2O2Si-2. The summed E-state index contributed by atoms with van der Waals surface area (Å²) >= 11 is 0. The van der Waals surface area contributed by atoms with Gasteiger partial charge in [0.1, 0.15) is 11.2 Å². The summed E-state index contributed by atoms with van der Waals surface area (Å²) in [6.45, 7) is 13.3. The van der Waals surface area contributed by atoms with Gasteiger partial charge in [-0.1, -0.05) is 80.7 Å². The maximum absolute atomic E-state index is 6.41. The molecule has 0 spiro atoms. The van der Waals surface area contributed by atoms with Gasteiger partial charge in [0.2, 0.25) is 0 Å². The van der Waals surface area contributed by atoms with E-state index in [0.29, 0.717) is 0 Å². The van der Waals surface area contributed by atoms with Gasteiger partial charge >= 0.3 is 0 Å². The minimum Gasteiger partial charge on any atom is -0.452 e. The fraction of sp³-hybridized carbons (Fsp3) is 0.130. The van der Waals surface area contributed by atoms with Crippen LogP contribution in [-0.2, 0) is 20.1 Å². The molecule has 9 aromatic rings. The Bertz CT molecular complexity index is 2720. The van der Waals surface area contributed by atoms with E-state index in [1.54, 1.807) is 0 Å². The fourth-order valence-corrected chi connectivity index (χ4v) is 7.71. The van der Waals surface area contributed by atoms with Gasteiger partial charge in [-0.3, -0.25) is 0 Å². The molecule has 0 amide bonds. The molecule has 0 N–H and O–H groups in total. The summed E-state index contributed by atoms with van der Waals surface area (Å²) in [4.78, 5) is 9.14. The number of hydrogen-bond acceptors (Lipinski definition) is 4. The molecule has 1 radical (unpaired) electrons. The Hall–Kier alpha value is -5.13. The second-order valence-corrected chi connectivity index (χ2v) is 19.4. The minimum atomic E-state index is -1.45. The Balaban J connectivity index is 0.000000222. The Morgan fingerprint density at radius 2 is 1.33 bits per heavy atom. The summed E-state index contributed by atoms with van der Waals surface area (Å²) in [5.41, 5.74) is 13.2. The maximum atomic E-state index is 6.41. The summed E-state index contributed by atoms with van der Waals surface area (Å²) in [7, 11) is -1.45. The first-order valence-corrected chi connectivity index (χ1v) is 20.8. The van der Waals surface area contributed by atoms with E-state index < -0.39 is 8.07 Å². The SMILES string of the molecule is C[Si](C)(C)c1cc[c-]c(-c2cc(-c3cc4c5ccccc5oc4c4oc5ccccc5c34)ccn2)c1.Cc1c[c-]c(-c2cc(C)c(C)cn2)cc1.[Ir]. The topological polar surface area (TPSA) is 52.1 Å². The average molecular weight is 871 g/mol. The summed E-state index contributed by atoms with van der Waals surface area (Å²) in [6, 6.07) is 44.2. The van der Waals surface area contributed by atoms with Gasteiger partial charge in [0, 0.05) is 54.0 Å². The van der Waals surface area contributed by atoms with Crippen molar-refractivity contribution in [3.8, 4) is 33.6 Å². The minimum absolute atomic E-state index is 0. The van der Waals surface area contributed by atoms with Gasteiger partial charge in [0.05, 0.1) is 8.07 Å². The molecule has 0 aliphatic heterocycles. The van der Waals surface area contributed by atoms with Crippen LogP contribution in [0.2, 0.25) is 19.6 Å². The van der Waals surface area contributed by atoms with Crippen LogP contribution in [-0.4, -0.2) is 18.0 Å². The molecule has 0 saturated carbocycles. The predicted octanol–water partition coefficient (Wildman–Crippen LogP) is 12.0.